The smallest absolute Gasteiger partial charge is 0.258 e. The highest BCUT2D eigenvalue weighted by atomic mass is 32.2. The minimum atomic E-state index is -3.36. The summed E-state index contributed by atoms with van der Waals surface area (Å²) in [4.78, 5) is 21.5. The molecule has 3 heterocycles. The molecule has 1 saturated heterocycles. The zero-order chi connectivity index (χ0) is 22.3. The topological polar surface area (TPSA) is 92.3 Å². The molecule has 160 valence electrons. The number of hydrogen-bond donors (Lipinski definition) is 1. The lowest BCUT2D eigenvalue weighted by Crippen LogP contribution is -2.47. The van der Waals surface area contributed by atoms with Crippen molar-refractivity contribution < 1.29 is 17.6 Å². The molecule has 1 aliphatic rings. The van der Waals surface area contributed by atoms with Crippen LogP contribution in [0.1, 0.15) is 10.4 Å². The molecule has 1 fully saturated rings. The Balaban J connectivity index is 1.41. The number of hydrogen-bond acceptors (Lipinski definition) is 5. The molecule has 0 aliphatic carbocycles. The van der Waals surface area contributed by atoms with Crippen molar-refractivity contribution in [2.24, 2.45) is 0 Å². The summed E-state index contributed by atoms with van der Waals surface area (Å²) in [5.41, 5.74) is 2.81. The van der Waals surface area contributed by atoms with Crippen LogP contribution in [0.15, 0.2) is 73.1 Å². The number of benzene rings is 2. The van der Waals surface area contributed by atoms with Gasteiger partial charge in [-0.1, -0.05) is 12.1 Å². The average Bonchev–Trinajstić information content (AvgIpc) is 2.78. The maximum absolute atomic E-state index is 14.6. The van der Waals surface area contributed by atoms with Crippen LogP contribution in [0.5, 0.6) is 0 Å². The van der Waals surface area contributed by atoms with E-state index in [-0.39, 0.29) is 17.0 Å². The third-order valence-corrected chi connectivity index (χ3v) is 7.06. The Labute approximate surface area is 183 Å². The van der Waals surface area contributed by atoms with Crippen LogP contribution in [0.25, 0.3) is 22.2 Å². The van der Waals surface area contributed by atoms with Gasteiger partial charge in [-0.15, -0.1) is 0 Å². The lowest BCUT2D eigenvalue weighted by atomic mass is 10.1. The predicted molar refractivity (Wildman–Crippen MR) is 120 cm³/mol. The van der Waals surface area contributed by atoms with Gasteiger partial charge in [-0.25, -0.2) is 12.8 Å². The Morgan fingerprint density at radius 3 is 2.62 bits per heavy atom. The Morgan fingerprint density at radius 2 is 1.88 bits per heavy atom. The van der Waals surface area contributed by atoms with E-state index in [9.17, 15) is 17.6 Å². The van der Waals surface area contributed by atoms with E-state index in [1.165, 1.54) is 12.1 Å². The normalized spacial score (nSPS) is 14.7. The van der Waals surface area contributed by atoms with Crippen molar-refractivity contribution >= 4 is 38.2 Å². The zero-order valence-corrected chi connectivity index (χ0v) is 17.5. The van der Waals surface area contributed by atoms with Gasteiger partial charge in [0.2, 0.25) is 10.0 Å². The second kappa shape index (κ2) is 7.69. The number of nitrogens with one attached hydrogen (secondary N) is 1. The van der Waals surface area contributed by atoms with Gasteiger partial charge < -0.3 is 5.32 Å². The Kier molecular flexibility index (Phi) is 4.82. The first-order valence-electron chi connectivity index (χ1n) is 9.84. The fraction of sp³-hybridized carbons (Fsp3) is 0.0870. The summed E-state index contributed by atoms with van der Waals surface area (Å²) < 4.78 is 39.2. The largest absolute Gasteiger partial charge is 0.322 e. The lowest BCUT2D eigenvalue weighted by Gasteiger charge is -2.32. The summed E-state index contributed by atoms with van der Waals surface area (Å²) in [6.07, 6.45) is 3.38. The molecular formula is C23H17FN4O3S. The molecule has 1 N–H and O–H groups in total. The maximum atomic E-state index is 14.6. The van der Waals surface area contributed by atoms with E-state index in [1.54, 1.807) is 30.6 Å². The Morgan fingerprint density at radius 1 is 1.00 bits per heavy atom. The third-order valence-electron chi connectivity index (χ3n) is 5.30. The number of carbonyl (C=O) groups excluding carboxylic acids is 1. The minimum Gasteiger partial charge on any atom is -0.322 e. The molecule has 1 aliphatic heterocycles. The lowest BCUT2D eigenvalue weighted by molar-refractivity contribution is 0.102. The standard InChI is InChI=1S/C23H17FN4O3S/c24-20-14-17(28-11-12-32(28,30)31)6-7-18(20)23(29)27-16-4-1-3-15(13-16)22-19-5-2-9-25-21(19)8-10-26-22/h1-10,13-14H,11-12H2,(H,27,29). The van der Waals surface area contributed by atoms with E-state index >= 15 is 0 Å². The summed E-state index contributed by atoms with van der Waals surface area (Å²) >= 11 is 0. The van der Waals surface area contributed by atoms with Crippen molar-refractivity contribution in [1.29, 1.82) is 0 Å². The number of amides is 1. The van der Waals surface area contributed by atoms with E-state index in [2.05, 4.69) is 15.3 Å². The zero-order valence-electron chi connectivity index (χ0n) is 16.7. The molecule has 2 aromatic carbocycles. The third kappa shape index (κ3) is 3.56. The van der Waals surface area contributed by atoms with Crippen LogP contribution in [-0.4, -0.2) is 36.6 Å². The van der Waals surface area contributed by atoms with Gasteiger partial charge in [0.25, 0.3) is 5.91 Å². The van der Waals surface area contributed by atoms with Gasteiger partial charge in [-0.05, 0) is 48.5 Å². The molecule has 0 saturated carbocycles. The molecule has 2 aromatic heterocycles. The van der Waals surface area contributed by atoms with Gasteiger partial charge in [0.05, 0.1) is 28.2 Å². The summed E-state index contributed by atoms with van der Waals surface area (Å²) in [6.45, 7) is 0.303. The van der Waals surface area contributed by atoms with Crippen molar-refractivity contribution in [2.75, 3.05) is 21.9 Å². The van der Waals surface area contributed by atoms with E-state index in [0.717, 1.165) is 32.5 Å². The number of sulfonamides is 1. The van der Waals surface area contributed by atoms with E-state index < -0.39 is 21.7 Å². The number of nitrogens with zero attached hydrogens (tertiary/aromatic N) is 3. The molecule has 0 radical (unpaired) electrons. The second-order valence-electron chi connectivity index (χ2n) is 7.32. The number of pyridine rings is 2. The minimum absolute atomic E-state index is 0.0365. The summed E-state index contributed by atoms with van der Waals surface area (Å²) in [5, 5.41) is 3.57. The summed E-state index contributed by atoms with van der Waals surface area (Å²) in [5.74, 6) is -1.39. The molecule has 0 bridgehead atoms. The van der Waals surface area contributed by atoms with Crippen LogP contribution in [-0.2, 0) is 10.0 Å². The monoisotopic (exact) mass is 448 g/mol. The molecule has 4 aromatic rings. The highest BCUT2D eigenvalue weighted by Gasteiger charge is 2.33. The first-order valence-corrected chi connectivity index (χ1v) is 11.4. The fourth-order valence-corrected chi connectivity index (χ4v) is 4.74. The van der Waals surface area contributed by atoms with Crippen molar-refractivity contribution in [1.82, 2.24) is 9.97 Å². The van der Waals surface area contributed by atoms with Gasteiger partial charge in [0, 0.05) is 35.6 Å². The molecule has 0 unspecified atom stereocenters. The Hall–Kier alpha value is -3.85. The summed E-state index contributed by atoms with van der Waals surface area (Å²) in [6, 6.07) is 16.5. The molecular weight excluding hydrogens is 431 g/mol. The highest BCUT2D eigenvalue weighted by molar-refractivity contribution is 7.94. The maximum Gasteiger partial charge on any atom is 0.258 e. The van der Waals surface area contributed by atoms with Crippen molar-refractivity contribution in [3.05, 3.63) is 84.4 Å². The summed E-state index contributed by atoms with van der Waals surface area (Å²) in [7, 11) is -3.36. The highest BCUT2D eigenvalue weighted by Crippen LogP contribution is 2.29. The van der Waals surface area contributed by atoms with Crippen molar-refractivity contribution in [3.63, 3.8) is 0 Å². The van der Waals surface area contributed by atoms with Crippen LogP contribution in [0.3, 0.4) is 0 Å². The number of halogens is 1. The fourth-order valence-electron chi connectivity index (χ4n) is 3.64. The molecule has 1 amide bonds. The molecule has 9 heteroatoms. The predicted octanol–water partition coefficient (Wildman–Crippen LogP) is 3.84. The van der Waals surface area contributed by atoms with Crippen LogP contribution in [0, 0.1) is 5.82 Å². The molecule has 0 atom stereocenters. The van der Waals surface area contributed by atoms with E-state index in [4.69, 9.17) is 0 Å². The van der Waals surface area contributed by atoms with E-state index in [1.807, 2.05) is 24.3 Å². The Bertz CT molecular complexity index is 1470. The van der Waals surface area contributed by atoms with Crippen LogP contribution >= 0.6 is 0 Å². The van der Waals surface area contributed by atoms with Crippen LogP contribution < -0.4 is 9.62 Å². The second-order valence-corrected chi connectivity index (χ2v) is 9.33. The first kappa shape index (κ1) is 20.1. The van der Waals surface area contributed by atoms with Crippen LogP contribution in [0.4, 0.5) is 15.8 Å². The number of anilines is 2. The number of rotatable bonds is 4. The quantitative estimate of drug-likeness (QED) is 0.512. The van der Waals surface area contributed by atoms with E-state index in [0.29, 0.717) is 12.2 Å². The number of fused-ring (bicyclic) bond motifs is 1. The molecule has 0 spiro atoms. The number of aromatic nitrogens is 2. The number of carbonyl (C=O) groups is 1. The molecule has 32 heavy (non-hydrogen) atoms. The molecule has 5 rings (SSSR count). The SMILES string of the molecule is O=C(Nc1cccc(-c2nccc3ncccc23)c1)c1ccc(N2CCS2(=O)=O)cc1F. The van der Waals surface area contributed by atoms with Crippen LogP contribution in [0.2, 0.25) is 0 Å². The van der Waals surface area contributed by atoms with Gasteiger partial charge in [0.15, 0.2) is 0 Å². The van der Waals surface area contributed by atoms with Crippen molar-refractivity contribution in [2.45, 2.75) is 0 Å². The molecule has 7 nitrogen and oxygen atoms in total. The van der Waals surface area contributed by atoms with Crippen molar-refractivity contribution in [3.8, 4) is 11.3 Å². The van der Waals surface area contributed by atoms with Gasteiger partial charge in [-0.3, -0.25) is 19.1 Å². The first-order chi connectivity index (χ1) is 15.4. The van der Waals surface area contributed by atoms with Gasteiger partial charge in [0.1, 0.15) is 5.82 Å². The average molecular weight is 448 g/mol. The van der Waals surface area contributed by atoms with Gasteiger partial charge in [-0.2, -0.15) is 0 Å². The van der Waals surface area contributed by atoms with Gasteiger partial charge >= 0.3 is 0 Å².